The summed E-state index contributed by atoms with van der Waals surface area (Å²) in [5, 5.41) is 3.38. The molecule has 1 aliphatic heterocycles. The molecule has 0 amide bonds. The maximum absolute atomic E-state index is 3.38. The lowest BCUT2D eigenvalue weighted by Crippen LogP contribution is -2.16. The second-order valence-electron chi connectivity index (χ2n) is 5.94. The molecule has 0 fully saturated rings. The van der Waals surface area contributed by atoms with Crippen molar-refractivity contribution in [3.05, 3.63) is 83.1 Å². The van der Waals surface area contributed by atoms with Crippen molar-refractivity contribution < 1.29 is 0 Å². The molecule has 1 nitrogen and oxygen atoms in total. The number of hydrogen-bond acceptors (Lipinski definition) is 1. The van der Waals surface area contributed by atoms with E-state index < -0.39 is 0 Å². The molecule has 0 radical (unpaired) electrons. The van der Waals surface area contributed by atoms with E-state index in [9.17, 15) is 0 Å². The molecule has 1 aliphatic rings. The van der Waals surface area contributed by atoms with Crippen molar-refractivity contribution in [2.45, 2.75) is 26.8 Å². The zero-order chi connectivity index (χ0) is 16.2. The van der Waals surface area contributed by atoms with Gasteiger partial charge in [0.2, 0.25) is 0 Å². The Labute approximate surface area is 138 Å². The van der Waals surface area contributed by atoms with Gasteiger partial charge in [0.15, 0.2) is 0 Å². The summed E-state index contributed by atoms with van der Waals surface area (Å²) in [6, 6.07) is 13.4. The minimum Gasteiger partial charge on any atom is -0.381 e. The first-order valence-corrected chi connectivity index (χ1v) is 7.92. The molecule has 0 bridgehead atoms. The molecule has 0 aromatic heterocycles. The summed E-state index contributed by atoms with van der Waals surface area (Å²) in [6.45, 7) is 6.17. The van der Waals surface area contributed by atoms with E-state index >= 15 is 0 Å². The Balaban J connectivity index is 2.06. The van der Waals surface area contributed by atoms with Crippen LogP contribution in [-0.2, 0) is 0 Å². The topological polar surface area (TPSA) is 12.0 Å². The Hall–Kier alpha value is -2.72. The minimum atomic E-state index is 0.184. The van der Waals surface area contributed by atoms with Crippen molar-refractivity contribution in [1.29, 1.82) is 0 Å². The Bertz CT molecular complexity index is 824. The third-order valence-corrected chi connectivity index (χ3v) is 3.99. The van der Waals surface area contributed by atoms with Crippen LogP contribution in [0.4, 0.5) is 0 Å². The van der Waals surface area contributed by atoms with Gasteiger partial charge in [-0.15, -0.1) is 5.92 Å². The van der Waals surface area contributed by atoms with E-state index in [0.717, 1.165) is 5.56 Å². The molecule has 1 heteroatoms. The summed E-state index contributed by atoms with van der Waals surface area (Å²) in [4.78, 5) is 0. The van der Waals surface area contributed by atoms with Gasteiger partial charge in [0, 0.05) is 5.56 Å². The van der Waals surface area contributed by atoms with E-state index in [0.29, 0.717) is 0 Å². The van der Waals surface area contributed by atoms with E-state index in [1.54, 1.807) is 0 Å². The normalized spacial score (nSPS) is 15.7. The fraction of sp³-hybridized carbons (Fsp3) is 0.182. The summed E-state index contributed by atoms with van der Waals surface area (Å²) in [5.74, 6) is 6.31. The number of aryl methyl sites for hydroxylation is 2. The van der Waals surface area contributed by atoms with Crippen molar-refractivity contribution in [1.82, 2.24) is 5.32 Å². The SMILES string of the molecule is CC#Cc1cc(-c2cc(C)cc(C)c2)ccc1C1C=CC=CN1. The highest BCUT2D eigenvalue weighted by atomic mass is 14.9. The summed E-state index contributed by atoms with van der Waals surface area (Å²) >= 11 is 0. The van der Waals surface area contributed by atoms with Crippen LogP contribution >= 0.6 is 0 Å². The lowest BCUT2D eigenvalue weighted by Gasteiger charge is -2.19. The second-order valence-corrected chi connectivity index (χ2v) is 5.94. The molecule has 1 unspecified atom stereocenters. The standard InChI is InChI=1S/C22H21N/c1-4-7-19-15-18(20-13-16(2)12-17(3)14-20)9-10-21(19)22-8-5-6-11-23-22/h5-6,8-15,22-23H,1-3H3. The molecule has 0 aliphatic carbocycles. The third kappa shape index (κ3) is 3.38. The quantitative estimate of drug-likeness (QED) is 0.765. The Kier molecular flexibility index (Phi) is 4.35. The highest BCUT2D eigenvalue weighted by molar-refractivity contribution is 5.68. The number of hydrogen-bond donors (Lipinski definition) is 1. The van der Waals surface area contributed by atoms with E-state index in [1.165, 1.54) is 27.8 Å². The number of allylic oxidation sites excluding steroid dienone is 2. The molecular formula is C22H21N. The average molecular weight is 299 g/mol. The van der Waals surface area contributed by atoms with Gasteiger partial charge in [-0.1, -0.05) is 59.5 Å². The largest absolute Gasteiger partial charge is 0.381 e. The molecule has 0 spiro atoms. The van der Waals surface area contributed by atoms with Crippen LogP contribution in [0.1, 0.15) is 35.2 Å². The molecule has 1 atom stereocenters. The Morgan fingerprint density at radius 2 is 1.70 bits per heavy atom. The highest BCUT2D eigenvalue weighted by Crippen LogP contribution is 2.28. The zero-order valence-electron chi connectivity index (χ0n) is 13.9. The van der Waals surface area contributed by atoms with Crippen molar-refractivity contribution in [2.75, 3.05) is 0 Å². The maximum atomic E-state index is 3.38. The molecule has 1 N–H and O–H groups in total. The first-order chi connectivity index (χ1) is 11.2. The Morgan fingerprint density at radius 1 is 0.913 bits per heavy atom. The number of rotatable bonds is 2. The average Bonchev–Trinajstić information content (AvgIpc) is 2.55. The van der Waals surface area contributed by atoms with Crippen molar-refractivity contribution >= 4 is 0 Å². The van der Waals surface area contributed by atoms with Crippen LogP contribution < -0.4 is 5.32 Å². The van der Waals surface area contributed by atoms with Gasteiger partial charge < -0.3 is 5.32 Å². The predicted octanol–water partition coefficient (Wildman–Crippen LogP) is 5.06. The van der Waals surface area contributed by atoms with Gasteiger partial charge >= 0.3 is 0 Å². The summed E-state index contributed by atoms with van der Waals surface area (Å²) in [6.07, 6.45) is 8.21. The lowest BCUT2D eigenvalue weighted by molar-refractivity contribution is 0.745. The third-order valence-electron chi connectivity index (χ3n) is 3.99. The molecular weight excluding hydrogens is 278 g/mol. The first-order valence-electron chi connectivity index (χ1n) is 7.92. The lowest BCUT2D eigenvalue weighted by atomic mass is 9.93. The summed E-state index contributed by atoms with van der Waals surface area (Å²) in [7, 11) is 0. The van der Waals surface area contributed by atoms with Gasteiger partial charge in [-0.2, -0.15) is 0 Å². The number of benzene rings is 2. The van der Waals surface area contributed by atoms with E-state index in [4.69, 9.17) is 0 Å². The molecule has 2 aromatic rings. The van der Waals surface area contributed by atoms with E-state index in [1.807, 2.05) is 19.2 Å². The molecule has 2 aromatic carbocycles. The van der Waals surface area contributed by atoms with Gasteiger partial charge in [0.25, 0.3) is 0 Å². The van der Waals surface area contributed by atoms with E-state index in [2.05, 4.69) is 79.6 Å². The van der Waals surface area contributed by atoms with Crippen LogP contribution in [0, 0.1) is 25.7 Å². The van der Waals surface area contributed by atoms with Crippen molar-refractivity contribution in [3.63, 3.8) is 0 Å². The fourth-order valence-electron chi connectivity index (χ4n) is 3.03. The van der Waals surface area contributed by atoms with Gasteiger partial charge in [0.1, 0.15) is 0 Å². The van der Waals surface area contributed by atoms with Crippen LogP contribution in [0.5, 0.6) is 0 Å². The summed E-state index contributed by atoms with van der Waals surface area (Å²) < 4.78 is 0. The minimum absolute atomic E-state index is 0.184. The Morgan fingerprint density at radius 3 is 2.35 bits per heavy atom. The van der Waals surface area contributed by atoms with Crippen LogP contribution in [0.3, 0.4) is 0 Å². The zero-order valence-corrected chi connectivity index (χ0v) is 13.9. The molecule has 23 heavy (non-hydrogen) atoms. The van der Waals surface area contributed by atoms with Crippen LogP contribution in [0.25, 0.3) is 11.1 Å². The van der Waals surface area contributed by atoms with Gasteiger partial charge in [0.05, 0.1) is 6.04 Å². The van der Waals surface area contributed by atoms with Crippen LogP contribution in [0.15, 0.2) is 60.8 Å². The molecule has 3 rings (SSSR count). The van der Waals surface area contributed by atoms with Crippen molar-refractivity contribution in [3.8, 4) is 23.0 Å². The first kappa shape index (κ1) is 15.2. The molecule has 0 saturated carbocycles. The van der Waals surface area contributed by atoms with Gasteiger partial charge in [-0.05, 0) is 55.8 Å². The number of nitrogens with one attached hydrogen (secondary N) is 1. The molecule has 114 valence electrons. The van der Waals surface area contributed by atoms with E-state index in [-0.39, 0.29) is 6.04 Å². The van der Waals surface area contributed by atoms with Crippen LogP contribution in [-0.4, -0.2) is 0 Å². The monoisotopic (exact) mass is 299 g/mol. The highest BCUT2D eigenvalue weighted by Gasteiger charge is 2.13. The van der Waals surface area contributed by atoms with Crippen molar-refractivity contribution in [2.24, 2.45) is 0 Å². The molecule has 1 heterocycles. The maximum Gasteiger partial charge on any atom is 0.0707 e. The number of dihydropyridines is 1. The fourth-order valence-corrected chi connectivity index (χ4v) is 3.03. The predicted molar refractivity (Wildman–Crippen MR) is 98.1 cm³/mol. The van der Waals surface area contributed by atoms with Gasteiger partial charge in [-0.25, -0.2) is 0 Å². The molecule has 0 saturated heterocycles. The van der Waals surface area contributed by atoms with Crippen LogP contribution in [0.2, 0.25) is 0 Å². The smallest absolute Gasteiger partial charge is 0.0707 e. The second kappa shape index (κ2) is 6.58. The van der Waals surface area contributed by atoms with Gasteiger partial charge in [-0.3, -0.25) is 0 Å². The summed E-state index contributed by atoms with van der Waals surface area (Å²) in [5.41, 5.74) is 7.34.